The Morgan fingerprint density at radius 1 is 0.429 bits per heavy atom. The number of hydrogen-bond donors (Lipinski definition) is 0. The molecule has 0 radical (unpaired) electrons. The van der Waals surface area contributed by atoms with E-state index in [1.54, 1.807) is 11.3 Å². The Kier molecular flexibility index (Phi) is 5.84. The molecule has 0 bridgehead atoms. The maximum atomic E-state index is 9.79. The lowest BCUT2D eigenvalue weighted by Crippen LogP contribution is -1.96. The Morgan fingerprint density at radius 3 is 1.69 bits per heavy atom. The van der Waals surface area contributed by atoms with E-state index in [4.69, 9.17) is 0 Å². The molecule has 0 fully saturated rings. The lowest BCUT2D eigenvalue weighted by atomic mass is 10.0. The number of para-hydroxylation sites is 2. The van der Waals surface area contributed by atoms with E-state index in [-0.39, 0.29) is 0 Å². The number of benzene rings is 7. The molecule has 0 aliphatic rings. The number of aromatic nitrogens is 2. The topological polar surface area (TPSA) is 57.4 Å². The Morgan fingerprint density at radius 2 is 1.02 bits per heavy atom. The molecule has 0 N–H and O–H groups in total. The Bertz CT molecular complexity index is 3090. The van der Waals surface area contributed by atoms with E-state index < -0.39 is 0 Å². The number of nitriles is 2. The van der Waals surface area contributed by atoms with Crippen LogP contribution < -0.4 is 0 Å². The molecule has 10 aromatic rings. The molecule has 5 heteroatoms. The fourth-order valence-corrected chi connectivity index (χ4v) is 8.78. The first-order valence-corrected chi connectivity index (χ1v) is 16.9. The van der Waals surface area contributed by atoms with E-state index in [2.05, 4.69) is 143 Å². The SMILES string of the molecule is N#Cc1ccc2c(c1)c1ccccc1n2-c1cccc(-c2cccc(-n3c4ccccc4c4cc5c(cc43)sc3c(C#N)cccc35)c2)c1. The monoisotopic (exact) mass is 640 g/mol. The molecule has 0 saturated heterocycles. The number of nitrogens with zero attached hydrogens (tertiary/aromatic N) is 4. The first-order valence-electron chi connectivity index (χ1n) is 16.1. The van der Waals surface area contributed by atoms with Gasteiger partial charge in [-0.3, -0.25) is 0 Å². The van der Waals surface area contributed by atoms with Gasteiger partial charge < -0.3 is 9.13 Å². The van der Waals surface area contributed by atoms with Gasteiger partial charge in [-0.1, -0.05) is 72.8 Å². The number of hydrogen-bond acceptors (Lipinski definition) is 3. The van der Waals surface area contributed by atoms with E-state index in [1.165, 1.54) is 20.9 Å². The van der Waals surface area contributed by atoms with Crippen molar-refractivity contribution in [1.29, 1.82) is 10.5 Å². The van der Waals surface area contributed by atoms with E-state index in [0.29, 0.717) is 5.56 Å². The van der Waals surface area contributed by atoms with Gasteiger partial charge >= 0.3 is 0 Å². The molecule has 7 aromatic carbocycles. The van der Waals surface area contributed by atoms with Crippen LogP contribution in [0.25, 0.3) is 86.3 Å². The number of rotatable bonds is 3. The second-order valence-corrected chi connectivity index (χ2v) is 13.5. The predicted octanol–water partition coefficient (Wildman–Crippen LogP) is 11.7. The van der Waals surface area contributed by atoms with Gasteiger partial charge in [-0.15, -0.1) is 11.3 Å². The summed E-state index contributed by atoms with van der Waals surface area (Å²) in [6.07, 6.45) is 0. The maximum absolute atomic E-state index is 9.79. The first kappa shape index (κ1) is 27.5. The van der Waals surface area contributed by atoms with Crippen LogP contribution in [0.4, 0.5) is 0 Å². The van der Waals surface area contributed by atoms with Crippen LogP contribution >= 0.6 is 11.3 Å². The van der Waals surface area contributed by atoms with Gasteiger partial charge in [-0.25, -0.2) is 0 Å². The minimum Gasteiger partial charge on any atom is -0.309 e. The van der Waals surface area contributed by atoms with Gasteiger partial charge in [0, 0.05) is 48.4 Å². The molecule has 0 aliphatic heterocycles. The molecule has 0 atom stereocenters. The summed E-state index contributed by atoms with van der Waals surface area (Å²) < 4.78 is 6.87. The fourth-order valence-electron chi connectivity index (χ4n) is 7.60. The highest BCUT2D eigenvalue weighted by atomic mass is 32.1. The quantitative estimate of drug-likeness (QED) is 0.193. The summed E-state index contributed by atoms with van der Waals surface area (Å²) in [5.74, 6) is 0. The van der Waals surface area contributed by atoms with Crippen molar-refractivity contribution in [2.24, 2.45) is 0 Å². The van der Waals surface area contributed by atoms with Crippen molar-refractivity contribution in [2.75, 3.05) is 0 Å². The van der Waals surface area contributed by atoms with E-state index in [9.17, 15) is 10.5 Å². The third kappa shape index (κ3) is 4.01. The van der Waals surface area contributed by atoms with Crippen LogP contribution in [0.5, 0.6) is 0 Å². The molecule has 4 nitrogen and oxygen atoms in total. The summed E-state index contributed by atoms with van der Waals surface area (Å²) in [5.41, 5.74) is 10.3. The molecule has 10 rings (SSSR count). The van der Waals surface area contributed by atoms with Crippen LogP contribution in [0, 0.1) is 22.7 Å². The number of fused-ring (bicyclic) bond motifs is 9. The van der Waals surface area contributed by atoms with Crippen molar-refractivity contribution >= 4 is 75.1 Å². The van der Waals surface area contributed by atoms with Gasteiger partial charge in [0.05, 0.1) is 44.0 Å². The summed E-state index contributed by atoms with van der Waals surface area (Å²) in [4.78, 5) is 0. The second-order valence-electron chi connectivity index (χ2n) is 12.4. The average molecular weight is 641 g/mol. The van der Waals surface area contributed by atoms with Crippen LogP contribution in [-0.4, -0.2) is 9.13 Å². The molecule has 3 aromatic heterocycles. The van der Waals surface area contributed by atoms with Crippen molar-refractivity contribution in [2.45, 2.75) is 0 Å². The summed E-state index contributed by atoms with van der Waals surface area (Å²) in [6.45, 7) is 0. The smallest absolute Gasteiger partial charge is 0.101 e. The van der Waals surface area contributed by atoms with Crippen LogP contribution in [0.1, 0.15) is 11.1 Å². The minimum atomic E-state index is 0.658. The zero-order valence-corrected chi connectivity index (χ0v) is 26.9. The van der Waals surface area contributed by atoms with Gasteiger partial charge in [-0.2, -0.15) is 10.5 Å². The van der Waals surface area contributed by atoms with Gasteiger partial charge in [0.1, 0.15) is 6.07 Å². The zero-order valence-electron chi connectivity index (χ0n) is 26.1. The van der Waals surface area contributed by atoms with Gasteiger partial charge in [-0.05, 0) is 83.9 Å². The summed E-state index contributed by atoms with van der Waals surface area (Å²) in [5, 5.41) is 26.3. The van der Waals surface area contributed by atoms with Crippen LogP contribution in [-0.2, 0) is 0 Å². The third-order valence-corrected chi connectivity index (χ3v) is 11.0. The number of thiophene rings is 1. The minimum absolute atomic E-state index is 0.658. The summed E-state index contributed by atoms with van der Waals surface area (Å²) in [7, 11) is 0. The molecule has 0 amide bonds. The highest BCUT2D eigenvalue weighted by Gasteiger charge is 2.18. The van der Waals surface area contributed by atoms with Gasteiger partial charge in [0.2, 0.25) is 0 Å². The van der Waals surface area contributed by atoms with Crippen molar-refractivity contribution < 1.29 is 0 Å². The Hall–Kier alpha value is -6.66. The van der Waals surface area contributed by atoms with Gasteiger partial charge in [0.25, 0.3) is 0 Å². The van der Waals surface area contributed by atoms with E-state index in [0.717, 1.165) is 71.0 Å². The van der Waals surface area contributed by atoms with Crippen LogP contribution in [0.3, 0.4) is 0 Å². The molecule has 0 spiro atoms. The third-order valence-electron chi connectivity index (χ3n) is 9.76. The fraction of sp³-hybridized carbons (Fsp3) is 0. The molecule has 0 aliphatic carbocycles. The molecular weight excluding hydrogens is 617 g/mol. The van der Waals surface area contributed by atoms with Gasteiger partial charge in [0.15, 0.2) is 0 Å². The normalized spacial score (nSPS) is 11.6. The van der Waals surface area contributed by atoms with E-state index in [1.807, 2.05) is 24.3 Å². The van der Waals surface area contributed by atoms with Crippen molar-refractivity contribution in [3.63, 3.8) is 0 Å². The average Bonchev–Trinajstić information content (AvgIpc) is 3.81. The molecule has 49 heavy (non-hydrogen) atoms. The highest BCUT2D eigenvalue weighted by Crippen LogP contribution is 2.42. The van der Waals surface area contributed by atoms with Crippen LogP contribution in [0.15, 0.2) is 146 Å². The molecule has 3 heterocycles. The summed E-state index contributed by atoms with van der Waals surface area (Å²) in [6, 6.07) is 55.7. The summed E-state index contributed by atoms with van der Waals surface area (Å²) >= 11 is 1.69. The van der Waals surface area contributed by atoms with Crippen molar-refractivity contribution in [3.05, 3.63) is 157 Å². The Labute approximate surface area is 285 Å². The zero-order chi connectivity index (χ0) is 32.6. The standard InChI is InChI=1S/C44H24N4S/c45-25-27-18-19-41-36(20-27)33-13-1-3-16-39(33)47(41)31-11-5-8-28(21-31)29-9-6-12-32(22-29)48-40-17-4-2-14-34(40)37-23-38-35-15-7-10-30(26-46)44(35)49-43(38)24-42(37)48/h1-24H. The largest absolute Gasteiger partial charge is 0.309 e. The van der Waals surface area contributed by atoms with Crippen molar-refractivity contribution in [1.82, 2.24) is 9.13 Å². The van der Waals surface area contributed by atoms with Crippen LogP contribution in [0.2, 0.25) is 0 Å². The lowest BCUT2D eigenvalue weighted by Gasteiger charge is -2.13. The highest BCUT2D eigenvalue weighted by molar-refractivity contribution is 7.26. The Balaban J connectivity index is 1.16. The lowest BCUT2D eigenvalue weighted by molar-refractivity contribution is 1.17. The molecule has 0 saturated carbocycles. The first-order chi connectivity index (χ1) is 24.2. The molecule has 226 valence electrons. The second kappa shape index (κ2) is 10.4. The van der Waals surface area contributed by atoms with Crippen molar-refractivity contribution in [3.8, 4) is 34.6 Å². The van der Waals surface area contributed by atoms with E-state index >= 15 is 0 Å². The maximum Gasteiger partial charge on any atom is 0.101 e. The predicted molar refractivity (Wildman–Crippen MR) is 203 cm³/mol. The molecule has 0 unspecified atom stereocenters. The molecular formula is C44H24N4S.